The van der Waals surface area contributed by atoms with Crippen LogP contribution >= 0.6 is 0 Å². The summed E-state index contributed by atoms with van der Waals surface area (Å²) >= 11 is 0. The van der Waals surface area contributed by atoms with Crippen LogP contribution in [0, 0.1) is 11.3 Å². The summed E-state index contributed by atoms with van der Waals surface area (Å²) in [5.41, 5.74) is 0.325. The average molecular weight is 197 g/mol. The van der Waals surface area contributed by atoms with E-state index in [0.717, 1.165) is 19.1 Å². The molecule has 1 heterocycles. The highest BCUT2D eigenvalue weighted by atomic mass is 16.5. The molecule has 2 heteroatoms. The van der Waals surface area contributed by atoms with Crippen molar-refractivity contribution >= 4 is 0 Å². The van der Waals surface area contributed by atoms with Crippen LogP contribution in [-0.4, -0.2) is 19.4 Å². The highest BCUT2D eigenvalue weighted by molar-refractivity contribution is 4.81. The average Bonchev–Trinajstić information content (AvgIpc) is 2.19. The van der Waals surface area contributed by atoms with E-state index in [2.05, 4.69) is 19.2 Å². The van der Waals surface area contributed by atoms with Gasteiger partial charge in [-0.15, -0.1) is 0 Å². The summed E-state index contributed by atoms with van der Waals surface area (Å²) in [6.45, 7) is 6.55. The van der Waals surface area contributed by atoms with Crippen LogP contribution in [0.2, 0.25) is 0 Å². The maximum absolute atomic E-state index is 5.92. The van der Waals surface area contributed by atoms with E-state index in [1.54, 1.807) is 0 Å². The van der Waals surface area contributed by atoms with Crippen LogP contribution in [-0.2, 0) is 4.74 Å². The Morgan fingerprint density at radius 2 is 1.86 bits per heavy atom. The van der Waals surface area contributed by atoms with Crippen LogP contribution in [0.4, 0.5) is 0 Å². The lowest BCUT2D eigenvalue weighted by Gasteiger charge is -2.40. The molecule has 1 saturated heterocycles. The Bertz CT molecular complexity index is 175. The molecule has 2 rings (SSSR count). The lowest BCUT2D eigenvalue weighted by molar-refractivity contribution is -0.0910. The van der Waals surface area contributed by atoms with E-state index in [1.165, 1.54) is 32.1 Å². The van der Waals surface area contributed by atoms with Crippen molar-refractivity contribution in [2.75, 3.05) is 13.2 Å². The van der Waals surface area contributed by atoms with E-state index < -0.39 is 0 Å². The molecule has 0 aromatic heterocycles. The van der Waals surface area contributed by atoms with Crippen LogP contribution < -0.4 is 5.32 Å². The first-order chi connectivity index (χ1) is 6.67. The number of hydrogen-bond donors (Lipinski definition) is 1. The number of ether oxygens (including phenoxy) is 1. The predicted octanol–water partition coefficient (Wildman–Crippen LogP) is 2.54. The highest BCUT2D eigenvalue weighted by Gasteiger charge is 2.32. The fraction of sp³-hybridized carbons (Fsp3) is 1.00. The van der Waals surface area contributed by atoms with Gasteiger partial charge in [0.25, 0.3) is 0 Å². The van der Waals surface area contributed by atoms with E-state index in [9.17, 15) is 0 Å². The zero-order chi connectivity index (χ0) is 10.0. The normalized spacial score (nSPS) is 34.3. The maximum atomic E-state index is 5.92. The number of nitrogens with one attached hydrogen (secondary N) is 1. The van der Waals surface area contributed by atoms with Crippen LogP contribution in [0.3, 0.4) is 0 Å². The largest absolute Gasteiger partial charge is 0.362 e. The van der Waals surface area contributed by atoms with Gasteiger partial charge in [-0.2, -0.15) is 0 Å². The summed E-state index contributed by atoms with van der Waals surface area (Å²) in [4.78, 5) is 0. The molecule has 0 aromatic rings. The van der Waals surface area contributed by atoms with Gasteiger partial charge in [0.1, 0.15) is 6.23 Å². The Labute approximate surface area is 87.4 Å². The Kier molecular flexibility index (Phi) is 3.13. The van der Waals surface area contributed by atoms with Gasteiger partial charge in [0, 0.05) is 12.0 Å². The first-order valence-electron chi connectivity index (χ1n) is 6.02. The summed E-state index contributed by atoms with van der Waals surface area (Å²) < 4.78 is 5.92. The molecule has 2 fully saturated rings. The molecular weight excluding hydrogens is 174 g/mol. The van der Waals surface area contributed by atoms with Gasteiger partial charge >= 0.3 is 0 Å². The molecule has 0 bridgehead atoms. The van der Waals surface area contributed by atoms with Crippen LogP contribution in [0.25, 0.3) is 0 Å². The summed E-state index contributed by atoms with van der Waals surface area (Å²) in [5, 5.41) is 3.56. The molecule has 1 aliphatic carbocycles. The zero-order valence-corrected chi connectivity index (χ0v) is 9.51. The van der Waals surface area contributed by atoms with E-state index in [4.69, 9.17) is 4.74 Å². The topological polar surface area (TPSA) is 21.3 Å². The highest BCUT2D eigenvalue weighted by Crippen LogP contribution is 2.30. The van der Waals surface area contributed by atoms with Crippen molar-refractivity contribution in [3.8, 4) is 0 Å². The summed E-state index contributed by atoms with van der Waals surface area (Å²) in [5.74, 6) is 0.778. The Hall–Kier alpha value is -0.0800. The van der Waals surface area contributed by atoms with Crippen molar-refractivity contribution in [1.29, 1.82) is 0 Å². The third-order valence-corrected chi connectivity index (χ3v) is 3.51. The lowest BCUT2D eigenvalue weighted by atomic mass is 9.86. The summed E-state index contributed by atoms with van der Waals surface area (Å²) in [7, 11) is 0. The molecule has 2 aliphatic rings. The second kappa shape index (κ2) is 4.19. The lowest BCUT2D eigenvalue weighted by Crippen LogP contribution is -2.51. The molecule has 1 N–H and O–H groups in total. The maximum Gasteiger partial charge on any atom is 0.111 e. The van der Waals surface area contributed by atoms with Crippen molar-refractivity contribution < 1.29 is 4.74 Å². The quantitative estimate of drug-likeness (QED) is 0.697. The SMILES string of the molecule is CC1(C)CNC(C2CCCCC2)OC1. The fourth-order valence-corrected chi connectivity index (χ4v) is 2.54. The van der Waals surface area contributed by atoms with Gasteiger partial charge in [-0.3, -0.25) is 5.32 Å². The second-order valence-corrected chi connectivity index (χ2v) is 5.67. The minimum atomic E-state index is 0.325. The summed E-state index contributed by atoms with van der Waals surface area (Å²) in [6, 6.07) is 0. The van der Waals surface area contributed by atoms with Crippen LogP contribution in [0.5, 0.6) is 0 Å². The molecule has 14 heavy (non-hydrogen) atoms. The second-order valence-electron chi connectivity index (χ2n) is 5.67. The standard InChI is InChI=1S/C12H23NO/c1-12(2)8-13-11(14-9-12)10-6-4-3-5-7-10/h10-11,13H,3-9H2,1-2H3. The number of hydrogen-bond acceptors (Lipinski definition) is 2. The molecule has 1 aliphatic heterocycles. The fourth-order valence-electron chi connectivity index (χ4n) is 2.54. The summed E-state index contributed by atoms with van der Waals surface area (Å²) in [6.07, 6.45) is 7.29. The van der Waals surface area contributed by atoms with Gasteiger partial charge in [0.15, 0.2) is 0 Å². The Morgan fingerprint density at radius 3 is 2.43 bits per heavy atom. The van der Waals surface area contributed by atoms with Gasteiger partial charge in [0.05, 0.1) is 6.61 Å². The first kappa shape index (κ1) is 10.4. The van der Waals surface area contributed by atoms with Crippen molar-refractivity contribution in [3.05, 3.63) is 0 Å². The van der Waals surface area contributed by atoms with Crippen molar-refractivity contribution in [2.45, 2.75) is 52.2 Å². The predicted molar refractivity (Wildman–Crippen MR) is 58.1 cm³/mol. The van der Waals surface area contributed by atoms with Crippen LogP contribution in [0.15, 0.2) is 0 Å². The monoisotopic (exact) mass is 197 g/mol. The van der Waals surface area contributed by atoms with Gasteiger partial charge in [-0.25, -0.2) is 0 Å². The van der Waals surface area contributed by atoms with E-state index in [1.807, 2.05) is 0 Å². The van der Waals surface area contributed by atoms with Gasteiger partial charge in [-0.1, -0.05) is 33.1 Å². The van der Waals surface area contributed by atoms with Crippen LogP contribution in [0.1, 0.15) is 46.0 Å². The van der Waals surface area contributed by atoms with E-state index in [0.29, 0.717) is 11.6 Å². The molecular formula is C12H23NO. The molecule has 0 aromatic carbocycles. The van der Waals surface area contributed by atoms with Crippen molar-refractivity contribution in [1.82, 2.24) is 5.32 Å². The third kappa shape index (κ3) is 2.48. The van der Waals surface area contributed by atoms with Crippen molar-refractivity contribution in [2.24, 2.45) is 11.3 Å². The smallest absolute Gasteiger partial charge is 0.111 e. The van der Waals surface area contributed by atoms with Crippen molar-refractivity contribution in [3.63, 3.8) is 0 Å². The molecule has 1 atom stereocenters. The Balaban J connectivity index is 1.82. The van der Waals surface area contributed by atoms with E-state index >= 15 is 0 Å². The van der Waals surface area contributed by atoms with E-state index in [-0.39, 0.29) is 0 Å². The molecule has 2 nitrogen and oxygen atoms in total. The number of rotatable bonds is 1. The molecule has 1 saturated carbocycles. The molecule has 0 spiro atoms. The minimum absolute atomic E-state index is 0.325. The van der Waals surface area contributed by atoms with Gasteiger partial charge in [-0.05, 0) is 18.8 Å². The molecule has 1 unspecified atom stereocenters. The first-order valence-corrected chi connectivity index (χ1v) is 6.02. The van der Waals surface area contributed by atoms with Gasteiger partial charge in [0.2, 0.25) is 0 Å². The van der Waals surface area contributed by atoms with Gasteiger partial charge < -0.3 is 4.74 Å². The third-order valence-electron chi connectivity index (χ3n) is 3.51. The minimum Gasteiger partial charge on any atom is -0.362 e. The molecule has 0 radical (unpaired) electrons. The Morgan fingerprint density at radius 1 is 1.14 bits per heavy atom. The molecule has 0 amide bonds. The zero-order valence-electron chi connectivity index (χ0n) is 9.51. The molecule has 82 valence electrons.